The van der Waals surface area contributed by atoms with Crippen LogP contribution in [0.4, 0.5) is 0 Å². The molecule has 1 heterocycles. The smallest absolute Gasteiger partial charge is 0.0202 e. The van der Waals surface area contributed by atoms with E-state index in [0.29, 0.717) is 11.5 Å². The normalized spacial score (nSPS) is 35.9. The molecule has 0 radical (unpaired) electrons. The van der Waals surface area contributed by atoms with Gasteiger partial charge in [-0.2, -0.15) is 0 Å². The van der Waals surface area contributed by atoms with Crippen LogP contribution in [0.15, 0.2) is 24.3 Å². The van der Waals surface area contributed by atoms with E-state index in [-0.39, 0.29) is 0 Å². The minimum atomic E-state index is 0.427. The summed E-state index contributed by atoms with van der Waals surface area (Å²) in [6.45, 7) is 3.60. The second-order valence-corrected chi connectivity index (χ2v) is 4.54. The van der Waals surface area contributed by atoms with Crippen LogP contribution in [0.3, 0.4) is 0 Å². The molecule has 1 N–H and O–H groups in total. The lowest BCUT2D eigenvalue weighted by molar-refractivity contribution is 0.437. The van der Waals surface area contributed by atoms with E-state index < -0.39 is 0 Å². The summed E-state index contributed by atoms with van der Waals surface area (Å²) in [7, 11) is 0. The van der Waals surface area contributed by atoms with Crippen molar-refractivity contribution in [1.82, 2.24) is 5.32 Å². The number of rotatable bonds is 0. The molecule has 2 unspecified atom stereocenters. The van der Waals surface area contributed by atoms with Gasteiger partial charge in [-0.3, -0.25) is 0 Å². The van der Waals surface area contributed by atoms with Crippen molar-refractivity contribution in [2.75, 3.05) is 6.54 Å². The molecule has 68 valence electrons. The fraction of sp³-hybridized carbons (Fsp3) is 0.500. The van der Waals surface area contributed by atoms with Crippen molar-refractivity contribution in [1.29, 1.82) is 0 Å². The van der Waals surface area contributed by atoms with Crippen molar-refractivity contribution >= 4 is 0 Å². The van der Waals surface area contributed by atoms with Crippen LogP contribution in [-0.4, -0.2) is 12.6 Å². The molecule has 0 bridgehead atoms. The van der Waals surface area contributed by atoms with Crippen molar-refractivity contribution in [3.8, 4) is 0 Å². The van der Waals surface area contributed by atoms with Gasteiger partial charge in [0.15, 0.2) is 0 Å². The van der Waals surface area contributed by atoms with Gasteiger partial charge < -0.3 is 5.32 Å². The first-order valence-corrected chi connectivity index (χ1v) is 5.12. The number of hydrogen-bond donors (Lipinski definition) is 1. The molecule has 0 spiro atoms. The number of benzene rings is 1. The van der Waals surface area contributed by atoms with E-state index in [1.54, 1.807) is 11.1 Å². The topological polar surface area (TPSA) is 12.0 Å². The monoisotopic (exact) mass is 173 g/mol. The van der Waals surface area contributed by atoms with Crippen molar-refractivity contribution in [3.05, 3.63) is 35.4 Å². The van der Waals surface area contributed by atoms with Gasteiger partial charge in [0.2, 0.25) is 0 Å². The lowest BCUT2D eigenvalue weighted by Crippen LogP contribution is -2.33. The summed E-state index contributed by atoms with van der Waals surface area (Å²) >= 11 is 0. The Morgan fingerprint density at radius 2 is 2.23 bits per heavy atom. The Bertz CT molecular complexity index is 345. The number of hydrogen-bond acceptors (Lipinski definition) is 1. The SMILES string of the molecule is CC12CCNC1Cc1ccccc12. The maximum Gasteiger partial charge on any atom is 0.0202 e. The summed E-state index contributed by atoms with van der Waals surface area (Å²) in [6, 6.07) is 9.61. The summed E-state index contributed by atoms with van der Waals surface area (Å²) in [4.78, 5) is 0. The third-order valence-corrected chi connectivity index (χ3v) is 3.86. The van der Waals surface area contributed by atoms with E-state index in [2.05, 4.69) is 36.5 Å². The van der Waals surface area contributed by atoms with Crippen LogP contribution >= 0.6 is 0 Å². The van der Waals surface area contributed by atoms with E-state index in [4.69, 9.17) is 0 Å². The minimum Gasteiger partial charge on any atom is -0.313 e. The lowest BCUT2D eigenvalue weighted by Gasteiger charge is -2.24. The second-order valence-electron chi connectivity index (χ2n) is 4.54. The first-order chi connectivity index (χ1) is 6.31. The van der Waals surface area contributed by atoms with Crippen LogP contribution in [0.5, 0.6) is 0 Å². The van der Waals surface area contributed by atoms with E-state index in [1.165, 1.54) is 19.4 Å². The highest BCUT2D eigenvalue weighted by Crippen LogP contribution is 2.43. The molecular formula is C12H15N. The minimum absolute atomic E-state index is 0.427. The van der Waals surface area contributed by atoms with Crippen LogP contribution in [0.25, 0.3) is 0 Å². The fourth-order valence-corrected chi connectivity index (χ4v) is 3.00. The molecule has 1 aromatic rings. The third-order valence-electron chi connectivity index (χ3n) is 3.86. The zero-order valence-corrected chi connectivity index (χ0v) is 8.01. The first-order valence-electron chi connectivity index (χ1n) is 5.12. The Kier molecular flexibility index (Phi) is 1.37. The molecule has 1 aromatic carbocycles. The van der Waals surface area contributed by atoms with Crippen LogP contribution < -0.4 is 5.32 Å². The van der Waals surface area contributed by atoms with Crippen molar-refractivity contribution < 1.29 is 0 Å². The van der Waals surface area contributed by atoms with E-state index >= 15 is 0 Å². The van der Waals surface area contributed by atoms with Gasteiger partial charge in [-0.25, -0.2) is 0 Å². The summed E-state index contributed by atoms with van der Waals surface area (Å²) in [6.07, 6.45) is 2.53. The van der Waals surface area contributed by atoms with Crippen LogP contribution in [-0.2, 0) is 11.8 Å². The zero-order chi connectivity index (χ0) is 8.89. The molecule has 1 aliphatic heterocycles. The maximum atomic E-state index is 3.61. The van der Waals surface area contributed by atoms with E-state index in [9.17, 15) is 0 Å². The number of nitrogens with one attached hydrogen (secondary N) is 1. The molecule has 1 nitrogen and oxygen atoms in total. The quantitative estimate of drug-likeness (QED) is 0.631. The van der Waals surface area contributed by atoms with Crippen molar-refractivity contribution in [3.63, 3.8) is 0 Å². The predicted octanol–water partition coefficient (Wildman–Crippen LogP) is 1.86. The molecule has 13 heavy (non-hydrogen) atoms. The van der Waals surface area contributed by atoms with Crippen molar-refractivity contribution in [2.24, 2.45) is 0 Å². The van der Waals surface area contributed by atoms with Crippen LogP contribution in [0.2, 0.25) is 0 Å². The van der Waals surface area contributed by atoms with Gasteiger partial charge in [-0.15, -0.1) is 0 Å². The molecule has 0 saturated carbocycles. The third kappa shape index (κ3) is 0.856. The highest BCUT2D eigenvalue weighted by Gasteiger charge is 2.45. The molecule has 0 aromatic heterocycles. The molecule has 0 amide bonds. The molecule has 1 fully saturated rings. The standard InChI is InChI=1S/C12H15N/c1-12-6-7-13-11(12)8-9-4-2-3-5-10(9)12/h2-5,11,13H,6-8H2,1H3. The van der Waals surface area contributed by atoms with E-state index in [0.717, 1.165) is 0 Å². The number of fused-ring (bicyclic) bond motifs is 3. The van der Waals surface area contributed by atoms with Gasteiger partial charge in [-0.1, -0.05) is 31.2 Å². The molecule has 2 atom stereocenters. The van der Waals surface area contributed by atoms with E-state index in [1.807, 2.05) is 0 Å². The second kappa shape index (κ2) is 2.36. The predicted molar refractivity (Wildman–Crippen MR) is 53.9 cm³/mol. The average Bonchev–Trinajstić information content (AvgIpc) is 2.60. The Labute approximate surface area is 79.2 Å². The molecular weight excluding hydrogens is 158 g/mol. The maximum absolute atomic E-state index is 3.61. The Morgan fingerprint density at radius 3 is 3.15 bits per heavy atom. The van der Waals surface area contributed by atoms with Crippen LogP contribution in [0, 0.1) is 0 Å². The summed E-state index contributed by atoms with van der Waals surface area (Å²) in [5, 5.41) is 3.61. The van der Waals surface area contributed by atoms with Gasteiger partial charge in [0.05, 0.1) is 0 Å². The lowest BCUT2D eigenvalue weighted by atomic mass is 9.81. The van der Waals surface area contributed by atoms with Gasteiger partial charge in [0, 0.05) is 11.5 Å². The molecule has 1 saturated heterocycles. The summed E-state index contributed by atoms with van der Waals surface area (Å²) in [5.41, 5.74) is 3.57. The van der Waals surface area contributed by atoms with Gasteiger partial charge in [0.25, 0.3) is 0 Å². The van der Waals surface area contributed by atoms with Gasteiger partial charge in [-0.05, 0) is 30.5 Å². The van der Waals surface area contributed by atoms with Gasteiger partial charge >= 0.3 is 0 Å². The fourth-order valence-electron chi connectivity index (χ4n) is 3.00. The van der Waals surface area contributed by atoms with Gasteiger partial charge in [0.1, 0.15) is 0 Å². The largest absolute Gasteiger partial charge is 0.313 e. The Hall–Kier alpha value is -0.820. The molecule has 3 rings (SSSR count). The van der Waals surface area contributed by atoms with Crippen molar-refractivity contribution in [2.45, 2.75) is 31.2 Å². The molecule has 1 heteroatoms. The average molecular weight is 173 g/mol. The highest BCUT2D eigenvalue weighted by molar-refractivity contribution is 5.43. The summed E-state index contributed by atoms with van der Waals surface area (Å²) in [5.74, 6) is 0. The first kappa shape index (κ1) is 7.57. The molecule has 2 aliphatic rings. The summed E-state index contributed by atoms with van der Waals surface area (Å²) < 4.78 is 0. The zero-order valence-electron chi connectivity index (χ0n) is 8.01. The Morgan fingerprint density at radius 1 is 1.38 bits per heavy atom. The molecule has 1 aliphatic carbocycles. The van der Waals surface area contributed by atoms with Crippen LogP contribution in [0.1, 0.15) is 24.5 Å². The Balaban J connectivity index is 2.17. The highest BCUT2D eigenvalue weighted by atomic mass is 15.0.